The fourth-order valence-electron chi connectivity index (χ4n) is 0.727. The van der Waals surface area contributed by atoms with Crippen molar-refractivity contribution in [3.8, 4) is 0 Å². The van der Waals surface area contributed by atoms with Crippen molar-refractivity contribution in [1.29, 1.82) is 0 Å². The van der Waals surface area contributed by atoms with Crippen molar-refractivity contribution in [1.82, 2.24) is 4.98 Å². The van der Waals surface area contributed by atoms with Crippen molar-refractivity contribution >= 4 is 17.1 Å². The number of hydrogen-bond donors (Lipinski definition) is 0. The Balaban J connectivity index is 2.76. The summed E-state index contributed by atoms with van der Waals surface area (Å²) < 4.78 is 0. The zero-order chi connectivity index (χ0) is 8.27. The van der Waals surface area contributed by atoms with Gasteiger partial charge in [0.2, 0.25) is 0 Å². The maximum Gasteiger partial charge on any atom is 0.185 e. The molecule has 0 spiro atoms. The van der Waals surface area contributed by atoms with Crippen LogP contribution >= 0.6 is 11.3 Å². The lowest BCUT2D eigenvalue weighted by Gasteiger charge is -1.87. The minimum Gasteiger partial charge on any atom is -0.292 e. The van der Waals surface area contributed by atoms with Crippen LogP contribution in [0.5, 0.6) is 0 Å². The molecule has 0 aromatic carbocycles. The van der Waals surface area contributed by atoms with Crippen LogP contribution in [-0.4, -0.2) is 10.8 Å². The van der Waals surface area contributed by atoms with Gasteiger partial charge < -0.3 is 0 Å². The summed E-state index contributed by atoms with van der Waals surface area (Å²) in [6, 6.07) is 0. The van der Waals surface area contributed by atoms with Crippen LogP contribution in [0.3, 0.4) is 0 Å². The molecule has 1 heterocycles. The van der Waals surface area contributed by atoms with Gasteiger partial charge in [-0.1, -0.05) is 6.08 Å². The van der Waals surface area contributed by atoms with Crippen molar-refractivity contribution in [3.63, 3.8) is 0 Å². The van der Waals surface area contributed by atoms with Gasteiger partial charge in [0, 0.05) is 11.8 Å². The monoisotopic (exact) mass is 167 g/mol. The second-order valence-electron chi connectivity index (χ2n) is 2.17. The van der Waals surface area contributed by atoms with Gasteiger partial charge >= 0.3 is 0 Å². The standard InChI is InChI=1S/C8H9NOS/c1-3-4-8(10)7-5-11-6(2)9-7/h3,5H,1,4H2,2H3. The number of aryl methyl sites for hydroxylation is 1. The average molecular weight is 167 g/mol. The molecular weight excluding hydrogens is 158 g/mol. The highest BCUT2D eigenvalue weighted by Gasteiger charge is 2.05. The van der Waals surface area contributed by atoms with Crippen molar-refractivity contribution in [2.24, 2.45) is 0 Å². The molecule has 0 saturated heterocycles. The number of ketones is 1. The van der Waals surface area contributed by atoms with Crippen LogP contribution in [0, 0.1) is 6.92 Å². The van der Waals surface area contributed by atoms with Gasteiger partial charge in [0.05, 0.1) is 5.01 Å². The zero-order valence-electron chi connectivity index (χ0n) is 6.33. The number of thiazole rings is 1. The van der Waals surface area contributed by atoms with E-state index in [1.165, 1.54) is 11.3 Å². The molecule has 0 radical (unpaired) electrons. The predicted octanol–water partition coefficient (Wildman–Crippen LogP) is 2.21. The van der Waals surface area contributed by atoms with E-state index in [4.69, 9.17) is 0 Å². The van der Waals surface area contributed by atoms with E-state index in [9.17, 15) is 4.79 Å². The Hall–Kier alpha value is -0.960. The minimum atomic E-state index is 0.0457. The molecule has 1 rings (SSSR count). The number of rotatable bonds is 3. The van der Waals surface area contributed by atoms with E-state index in [1.54, 1.807) is 11.5 Å². The van der Waals surface area contributed by atoms with Crippen LogP contribution in [0.2, 0.25) is 0 Å². The Labute approximate surface area is 69.6 Å². The van der Waals surface area contributed by atoms with Gasteiger partial charge in [-0.25, -0.2) is 4.98 Å². The molecule has 0 aliphatic carbocycles. The van der Waals surface area contributed by atoms with E-state index in [1.807, 2.05) is 6.92 Å². The van der Waals surface area contributed by atoms with Crippen LogP contribution in [0.1, 0.15) is 21.9 Å². The van der Waals surface area contributed by atoms with Gasteiger partial charge in [0.25, 0.3) is 0 Å². The Morgan fingerprint density at radius 3 is 3.09 bits per heavy atom. The van der Waals surface area contributed by atoms with Gasteiger partial charge in [-0.2, -0.15) is 0 Å². The highest BCUT2D eigenvalue weighted by atomic mass is 32.1. The number of allylic oxidation sites excluding steroid dienone is 1. The number of carbonyl (C=O) groups is 1. The highest BCUT2D eigenvalue weighted by molar-refractivity contribution is 7.09. The Kier molecular flexibility index (Phi) is 2.54. The summed E-state index contributed by atoms with van der Waals surface area (Å²) in [6.07, 6.45) is 1.97. The normalized spacial score (nSPS) is 9.55. The molecule has 0 fully saturated rings. The Morgan fingerprint density at radius 2 is 2.64 bits per heavy atom. The van der Waals surface area contributed by atoms with E-state index in [2.05, 4.69) is 11.6 Å². The van der Waals surface area contributed by atoms with Crippen LogP contribution < -0.4 is 0 Å². The maximum atomic E-state index is 11.1. The lowest BCUT2D eigenvalue weighted by atomic mass is 10.2. The molecule has 0 aliphatic heterocycles. The number of Topliss-reactive ketones (excluding diaryl/α,β-unsaturated/α-hetero) is 1. The molecule has 0 amide bonds. The van der Waals surface area contributed by atoms with E-state index in [0.29, 0.717) is 12.1 Å². The molecule has 0 N–H and O–H groups in total. The first-order valence-electron chi connectivity index (χ1n) is 3.30. The number of nitrogens with zero attached hydrogens (tertiary/aromatic N) is 1. The Morgan fingerprint density at radius 1 is 1.91 bits per heavy atom. The number of hydrogen-bond acceptors (Lipinski definition) is 3. The van der Waals surface area contributed by atoms with Crippen molar-refractivity contribution in [2.45, 2.75) is 13.3 Å². The van der Waals surface area contributed by atoms with Gasteiger partial charge in [-0.15, -0.1) is 17.9 Å². The second kappa shape index (κ2) is 3.44. The van der Waals surface area contributed by atoms with E-state index < -0.39 is 0 Å². The van der Waals surface area contributed by atoms with Gasteiger partial charge in [0.1, 0.15) is 5.69 Å². The van der Waals surface area contributed by atoms with Gasteiger partial charge in [-0.3, -0.25) is 4.79 Å². The molecule has 0 saturated carbocycles. The van der Waals surface area contributed by atoms with E-state index in [-0.39, 0.29) is 5.78 Å². The Bertz CT molecular complexity index is 277. The summed E-state index contributed by atoms with van der Waals surface area (Å²) >= 11 is 1.49. The average Bonchev–Trinajstić information content (AvgIpc) is 2.36. The molecule has 1 aromatic heterocycles. The largest absolute Gasteiger partial charge is 0.292 e. The van der Waals surface area contributed by atoms with Gasteiger partial charge in [-0.05, 0) is 6.92 Å². The molecule has 0 aliphatic rings. The molecule has 0 atom stereocenters. The van der Waals surface area contributed by atoms with E-state index >= 15 is 0 Å². The summed E-state index contributed by atoms with van der Waals surface area (Å²) in [6.45, 7) is 5.37. The molecule has 11 heavy (non-hydrogen) atoms. The third-order valence-corrected chi connectivity index (χ3v) is 2.01. The number of aromatic nitrogens is 1. The molecule has 3 heteroatoms. The molecule has 2 nitrogen and oxygen atoms in total. The summed E-state index contributed by atoms with van der Waals surface area (Å²) in [5, 5.41) is 2.71. The number of carbonyl (C=O) groups excluding carboxylic acids is 1. The lowest BCUT2D eigenvalue weighted by Crippen LogP contribution is -1.96. The fraction of sp³-hybridized carbons (Fsp3) is 0.250. The van der Waals surface area contributed by atoms with Crippen LogP contribution in [0.15, 0.2) is 18.0 Å². The SMILES string of the molecule is C=CCC(=O)c1csc(C)n1. The maximum absolute atomic E-state index is 11.1. The lowest BCUT2D eigenvalue weighted by molar-refractivity contribution is 0.0991. The molecule has 0 unspecified atom stereocenters. The van der Waals surface area contributed by atoms with Crippen molar-refractivity contribution in [3.05, 3.63) is 28.7 Å². The van der Waals surface area contributed by atoms with E-state index in [0.717, 1.165) is 5.01 Å². The third-order valence-electron chi connectivity index (χ3n) is 1.23. The first-order chi connectivity index (χ1) is 5.24. The summed E-state index contributed by atoms with van der Waals surface area (Å²) in [7, 11) is 0. The smallest absolute Gasteiger partial charge is 0.185 e. The van der Waals surface area contributed by atoms with Gasteiger partial charge in [0.15, 0.2) is 5.78 Å². The first kappa shape index (κ1) is 8.14. The van der Waals surface area contributed by atoms with Crippen molar-refractivity contribution < 1.29 is 4.79 Å². The predicted molar refractivity (Wildman–Crippen MR) is 46.0 cm³/mol. The molecule has 58 valence electrons. The topological polar surface area (TPSA) is 30.0 Å². The van der Waals surface area contributed by atoms with Crippen molar-refractivity contribution in [2.75, 3.05) is 0 Å². The zero-order valence-corrected chi connectivity index (χ0v) is 7.15. The van der Waals surface area contributed by atoms with Crippen LogP contribution in [0.25, 0.3) is 0 Å². The first-order valence-corrected chi connectivity index (χ1v) is 4.18. The second-order valence-corrected chi connectivity index (χ2v) is 3.23. The molecular formula is C8H9NOS. The molecule has 0 bridgehead atoms. The van der Waals surface area contributed by atoms with Crippen LogP contribution in [-0.2, 0) is 0 Å². The quantitative estimate of drug-likeness (QED) is 0.510. The summed E-state index contributed by atoms with van der Waals surface area (Å²) in [5.74, 6) is 0.0457. The van der Waals surface area contributed by atoms with Crippen LogP contribution in [0.4, 0.5) is 0 Å². The highest BCUT2D eigenvalue weighted by Crippen LogP contribution is 2.09. The fourth-order valence-corrected chi connectivity index (χ4v) is 1.34. The minimum absolute atomic E-state index is 0.0457. The summed E-state index contributed by atoms with van der Waals surface area (Å²) in [4.78, 5) is 15.2. The summed E-state index contributed by atoms with van der Waals surface area (Å²) in [5.41, 5.74) is 0.562. The third kappa shape index (κ3) is 1.98. The molecule has 1 aromatic rings.